The van der Waals surface area contributed by atoms with Crippen molar-refractivity contribution < 1.29 is 39.5 Å². The summed E-state index contributed by atoms with van der Waals surface area (Å²) in [7, 11) is 0. The van der Waals surface area contributed by atoms with E-state index in [-0.39, 0.29) is 30.2 Å². The lowest BCUT2D eigenvalue weighted by atomic mass is 10.1. The zero-order valence-corrected chi connectivity index (χ0v) is 12.5. The molecule has 1 aliphatic heterocycles. The van der Waals surface area contributed by atoms with Gasteiger partial charge in [0.15, 0.2) is 0 Å². The molecule has 0 spiro atoms. The molecule has 130 valence electrons. The van der Waals surface area contributed by atoms with E-state index in [0.717, 1.165) is 0 Å². The van der Waals surface area contributed by atoms with Crippen LogP contribution >= 0.6 is 0 Å². The van der Waals surface area contributed by atoms with Crippen molar-refractivity contribution in [3.05, 3.63) is 11.5 Å². The highest BCUT2D eigenvalue weighted by Crippen LogP contribution is 2.15. The molecule has 0 aliphatic carbocycles. The Labute approximate surface area is 131 Å². The van der Waals surface area contributed by atoms with Gasteiger partial charge >= 0.3 is 0 Å². The summed E-state index contributed by atoms with van der Waals surface area (Å²) in [4.78, 5) is 34.1. The van der Waals surface area contributed by atoms with E-state index in [4.69, 9.17) is 9.84 Å². The van der Waals surface area contributed by atoms with E-state index >= 15 is 0 Å². The molecule has 10 nitrogen and oxygen atoms in total. The summed E-state index contributed by atoms with van der Waals surface area (Å²) in [5, 5.41) is 41.7. The molecule has 0 unspecified atom stereocenters. The second-order valence-corrected chi connectivity index (χ2v) is 5.03. The summed E-state index contributed by atoms with van der Waals surface area (Å²) in [6.07, 6.45) is -5.08. The van der Waals surface area contributed by atoms with Gasteiger partial charge in [-0.3, -0.25) is 19.7 Å². The minimum absolute atomic E-state index is 0.0928. The quantitative estimate of drug-likeness (QED) is 0.235. The molecule has 0 fully saturated rings. The molecule has 23 heavy (non-hydrogen) atoms. The minimum Gasteiger partial charge on any atom is -0.492 e. The van der Waals surface area contributed by atoms with Gasteiger partial charge in [0.25, 0.3) is 5.91 Å². The number of aliphatic hydroxyl groups excluding tert-OH is 4. The van der Waals surface area contributed by atoms with E-state index in [1.165, 1.54) is 6.92 Å². The van der Waals surface area contributed by atoms with E-state index < -0.39 is 43.3 Å². The third-order valence-electron chi connectivity index (χ3n) is 3.00. The van der Waals surface area contributed by atoms with Crippen molar-refractivity contribution in [3.8, 4) is 0 Å². The van der Waals surface area contributed by atoms with Crippen LogP contribution in [0.2, 0.25) is 0 Å². The molecule has 3 atom stereocenters. The number of carbonyl (C=O) groups is 3. The summed E-state index contributed by atoms with van der Waals surface area (Å²) in [6, 6.07) is 0. The van der Waals surface area contributed by atoms with Gasteiger partial charge in [0.05, 0.1) is 19.6 Å². The van der Waals surface area contributed by atoms with Crippen LogP contribution < -0.4 is 10.6 Å². The number of imide groups is 1. The number of aliphatic hydroxyl groups is 4. The highest BCUT2D eigenvalue weighted by atomic mass is 16.5. The molecule has 0 aromatic heterocycles. The predicted molar refractivity (Wildman–Crippen MR) is 74.5 cm³/mol. The van der Waals surface area contributed by atoms with Crippen molar-refractivity contribution in [1.29, 1.82) is 0 Å². The Kier molecular flexibility index (Phi) is 7.10. The van der Waals surface area contributed by atoms with Gasteiger partial charge in [-0.15, -0.1) is 0 Å². The molecule has 1 rings (SSSR count). The predicted octanol–water partition coefficient (Wildman–Crippen LogP) is -3.49. The van der Waals surface area contributed by atoms with Gasteiger partial charge in [0.1, 0.15) is 42.2 Å². The SMILES string of the molecule is CC(=O)CNC1=C(OC[C@H](O)[C@H](O)[C@H](O)CO)CC(=O)NC1=O. The number of rotatable bonds is 9. The third kappa shape index (κ3) is 5.60. The van der Waals surface area contributed by atoms with E-state index in [1.54, 1.807) is 0 Å². The molecule has 0 radical (unpaired) electrons. The average molecular weight is 332 g/mol. The van der Waals surface area contributed by atoms with Crippen molar-refractivity contribution >= 4 is 17.6 Å². The molecule has 6 N–H and O–H groups in total. The summed E-state index contributed by atoms with van der Waals surface area (Å²) < 4.78 is 5.17. The van der Waals surface area contributed by atoms with Crippen LogP contribution in [0.3, 0.4) is 0 Å². The summed E-state index contributed by atoms with van der Waals surface area (Å²) in [5.41, 5.74) is -0.121. The number of ether oxygens (including phenoxy) is 1. The molecule has 1 aliphatic rings. The first-order valence-electron chi connectivity index (χ1n) is 6.84. The van der Waals surface area contributed by atoms with Crippen molar-refractivity contribution in [3.63, 3.8) is 0 Å². The minimum atomic E-state index is -1.66. The molecular formula is C13H20N2O8. The second kappa shape index (κ2) is 8.58. The Morgan fingerprint density at radius 1 is 1.30 bits per heavy atom. The van der Waals surface area contributed by atoms with Crippen LogP contribution in [0.25, 0.3) is 0 Å². The van der Waals surface area contributed by atoms with E-state index in [2.05, 4.69) is 5.32 Å². The zero-order valence-electron chi connectivity index (χ0n) is 12.5. The molecule has 10 heteroatoms. The number of carbonyl (C=O) groups excluding carboxylic acids is 3. The first-order chi connectivity index (χ1) is 10.8. The summed E-state index contributed by atoms with van der Waals surface area (Å²) in [5.74, 6) is -1.74. The fraction of sp³-hybridized carbons (Fsp3) is 0.615. The van der Waals surface area contributed by atoms with Crippen molar-refractivity contribution in [2.24, 2.45) is 0 Å². The Hall–Kier alpha value is -2.01. The Morgan fingerprint density at radius 2 is 1.96 bits per heavy atom. The normalized spacial score (nSPS) is 19.0. The monoisotopic (exact) mass is 332 g/mol. The highest BCUT2D eigenvalue weighted by molar-refractivity contribution is 6.08. The largest absolute Gasteiger partial charge is 0.492 e. The first-order valence-corrected chi connectivity index (χ1v) is 6.84. The molecule has 1 heterocycles. The Bertz CT molecular complexity index is 504. The van der Waals surface area contributed by atoms with Gasteiger partial charge in [0, 0.05) is 0 Å². The highest BCUT2D eigenvalue weighted by Gasteiger charge is 2.29. The second-order valence-electron chi connectivity index (χ2n) is 5.03. The number of Topliss-reactive ketones (excluding diaryl/α,β-unsaturated/α-hetero) is 1. The van der Waals surface area contributed by atoms with Crippen LogP contribution in [0.15, 0.2) is 11.5 Å². The molecule has 0 saturated heterocycles. The average Bonchev–Trinajstić information content (AvgIpc) is 2.49. The van der Waals surface area contributed by atoms with Gasteiger partial charge in [-0.2, -0.15) is 0 Å². The van der Waals surface area contributed by atoms with Crippen LogP contribution in [0.5, 0.6) is 0 Å². The molecule has 0 aromatic carbocycles. The zero-order chi connectivity index (χ0) is 17.6. The summed E-state index contributed by atoms with van der Waals surface area (Å²) >= 11 is 0. The maximum atomic E-state index is 11.7. The lowest BCUT2D eigenvalue weighted by molar-refractivity contribution is -0.131. The number of hydrogen-bond donors (Lipinski definition) is 6. The molecule has 2 amide bonds. The smallest absolute Gasteiger partial charge is 0.277 e. The molecule has 0 saturated carbocycles. The third-order valence-corrected chi connectivity index (χ3v) is 3.00. The fourth-order valence-corrected chi connectivity index (χ4v) is 1.76. The van der Waals surface area contributed by atoms with E-state index in [1.807, 2.05) is 5.32 Å². The van der Waals surface area contributed by atoms with Crippen LogP contribution in [0, 0.1) is 0 Å². The summed E-state index contributed by atoms with van der Waals surface area (Å²) in [6.45, 7) is -0.138. The molecule has 0 aromatic rings. The fourth-order valence-electron chi connectivity index (χ4n) is 1.76. The van der Waals surface area contributed by atoms with Gasteiger partial charge in [-0.25, -0.2) is 0 Å². The number of nitrogens with one attached hydrogen (secondary N) is 2. The van der Waals surface area contributed by atoms with Crippen molar-refractivity contribution in [1.82, 2.24) is 10.6 Å². The first kappa shape index (κ1) is 19.0. The number of ketones is 1. The standard InChI is InChI=1S/C13H20N2O8/c1-6(17)3-14-11-9(2-10(20)15-13(11)22)23-5-8(19)12(21)7(18)4-16/h7-8,12,14,16,18-19,21H,2-5H2,1H3,(H,15,20,22)/t7-,8+,12-/m1/s1. The number of hydrogen-bond acceptors (Lipinski definition) is 9. The van der Waals surface area contributed by atoms with Crippen LogP contribution in [0.4, 0.5) is 0 Å². The van der Waals surface area contributed by atoms with E-state index in [9.17, 15) is 29.7 Å². The topological polar surface area (TPSA) is 165 Å². The molecule has 0 bridgehead atoms. The maximum Gasteiger partial charge on any atom is 0.277 e. The van der Waals surface area contributed by atoms with Gasteiger partial charge in [-0.1, -0.05) is 0 Å². The van der Waals surface area contributed by atoms with Gasteiger partial charge < -0.3 is 30.5 Å². The van der Waals surface area contributed by atoms with E-state index in [0.29, 0.717) is 0 Å². The van der Waals surface area contributed by atoms with Crippen LogP contribution in [-0.2, 0) is 19.1 Å². The van der Waals surface area contributed by atoms with Crippen molar-refractivity contribution in [2.45, 2.75) is 31.7 Å². The van der Waals surface area contributed by atoms with Crippen LogP contribution in [0.1, 0.15) is 13.3 Å². The van der Waals surface area contributed by atoms with Crippen molar-refractivity contribution in [2.75, 3.05) is 19.8 Å². The van der Waals surface area contributed by atoms with Crippen LogP contribution in [-0.4, -0.2) is 76.1 Å². The Balaban J connectivity index is 2.78. The number of amides is 2. The molecular weight excluding hydrogens is 312 g/mol. The van der Waals surface area contributed by atoms with Gasteiger partial charge in [0.2, 0.25) is 5.91 Å². The van der Waals surface area contributed by atoms with Gasteiger partial charge in [-0.05, 0) is 6.92 Å². The lowest BCUT2D eigenvalue weighted by Gasteiger charge is -2.24. The Morgan fingerprint density at radius 3 is 2.52 bits per heavy atom. The maximum absolute atomic E-state index is 11.7. The lowest BCUT2D eigenvalue weighted by Crippen LogP contribution is -2.44.